The second-order valence-corrected chi connectivity index (χ2v) is 7.83. The van der Waals surface area contributed by atoms with Crippen molar-refractivity contribution < 1.29 is 17.9 Å². The lowest BCUT2D eigenvalue weighted by atomic mass is 10.2. The highest BCUT2D eigenvalue weighted by atomic mass is 35.5. The zero-order valence-corrected chi connectivity index (χ0v) is 14.1. The molecule has 1 heterocycles. The monoisotopic (exact) mass is 346 g/mol. The Hall–Kier alpha value is -1.15. The number of carbonyl (C=O) groups excluding carboxylic acids is 1. The van der Waals surface area contributed by atoms with Gasteiger partial charge in [-0.2, -0.15) is 0 Å². The fourth-order valence-corrected chi connectivity index (χ4v) is 3.29. The van der Waals surface area contributed by atoms with Gasteiger partial charge in [0.25, 0.3) is 5.91 Å². The maximum atomic E-state index is 12.2. The standard InChI is InChI=1S/C14H19ClN2O4S/c1-17(2)22(19,20)11-5-6-13(15)12(8-11)14(18)16-9-10-4-3-7-21-10/h5-6,8,10H,3-4,7,9H2,1-2H3,(H,16,18). The van der Waals surface area contributed by atoms with Crippen molar-refractivity contribution in [1.29, 1.82) is 0 Å². The van der Waals surface area contributed by atoms with Gasteiger partial charge in [0, 0.05) is 27.2 Å². The van der Waals surface area contributed by atoms with Crippen LogP contribution in [0.5, 0.6) is 0 Å². The van der Waals surface area contributed by atoms with E-state index in [-0.39, 0.29) is 21.6 Å². The fourth-order valence-electron chi connectivity index (χ4n) is 2.16. The molecule has 0 aliphatic carbocycles. The normalized spacial score (nSPS) is 18.6. The van der Waals surface area contributed by atoms with Crippen LogP contribution in [0.4, 0.5) is 0 Å². The van der Waals surface area contributed by atoms with Gasteiger partial charge in [-0.05, 0) is 31.0 Å². The van der Waals surface area contributed by atoms with Gasteiger partial charge in [-0.1, -0.05) is 11.6 Å². The molecule has 8 heteroatoms. The average Bonchev–Trinajstić information content (AvgIpc) is 2.98. The van der Waals surface area contributed by atoms with Crippen molar-refractivity contribution in [3.05, 3.63) is 28.8 Å². The Balaban J connectivity index is 2.17. The van der Waals surface area contributed by atoms with E-state index in [2.05, 4.69) is 5.32 Å². The summed E-state index contributed by atoms with van der Waals surface area (Å²) in [5, 5.41) is 2.94. The molecule has 1 saturated heterocycles. The number of benzene rings is 1. The SMILES string of the molecule is CN(C)S(=O)(=O)c1ccc(Cl)c(C(=O)NCC2CCCO2)c1. The van der Waals surface area contributed by atoms with E-state index < -0.39 is 15.9 Å². The number of rotatable bonds is 5. The van der Waals surface area contributed by atoms with Crippen molar-refractivity contribution in [2.24, 2.45) is 0 Å². The van der Waals surface area contributed by atoms with Crippen molar-refractivity contribution in [2.45, 2.75) is 23.8 Å². The van der Waals surface area contributed by atoms with Gasteiger partial charge in [-0.15, -0.1) is 0 Å². The average molecular weight is 347 g/mol. The number of hydrogen-bond donors (Lipinski definition) is 1. The summed E-state index contributed by atoms with van der Waals surface area (Å²) in [5.74, 6) is -0.406. The van der Waals surface area contributed by atoms with E-state index in [1.807, 2.05) is 0 Å². The highest BCUT2D eigenvalue weighted by Gasteiger charge is 2.22. The second kappa shape index (κ2) is 6.95. The van der Waals surface area contributed by atoms with E-state index in [1.54, 1.807) is 0 Å². The van der Waals surface area contributed by atoms with E-state index in [4.69, 9.17) is 16.3 Å². The molecule has 1 amide bonds. The van der Waals surface area contributed by atoms with E-state index in [1.165, 1.54) is 32.3 Å². The molecule has 0 saturated carbocycles. The van der Waals surface area contributed by atoms with E-state index in [0.717, 1.165) is 17.1 Å². The number of halogens is 1. The van der Waals surface area contributed by atoms with Crippen molar-refractivity contribution in [1.82, 2.24) is 9.62 Å². The highest BCUT2D eigenvalue weighted by Crippen LogP contribution is 2.22. The van der Waals surface area contributed by atoms with Gasteiger partial charge >= 0.3 is 0 Å². The molecule has 1 N–H and O–H groups in total. The van der Waals surface area contributed by atoms with E-state index in [9.17, 15) is 13.2 Å². The third-order valence-electron chi connectivity index (χ3n) is 3.48. The van der Waals surface area contributed by atoms with Gasteiger partial charge in [0.2, 0.25) is 10.0 Å². The summed E-state index contributed by atoms with van der Waals surface area (Å²) >= 11 is 6.02. The number of ether oxygens (including phenoxy) is 1. The van der Waals surface area contributed by atoms with Crippen LogP contribution >= 0.6 is 11.6 Å². The van der Waals surface area contributed by atoms with Crippen LogP contribution in [0.2, 0.25) is 5.02 Å². The van der Waals surface area contributed by atoms with Crippen LogP contribution in [0.3, 0.4) is 0 Å². The van der Waals surface area contributed by atoms with Gasteiger partial charge in [0.1, 0.15) is 0 Å². The molecule has 0 aromatic heterocycles. The number of nitrogens with zero attached hydrogens (tertiary/aromatic N) is 1. The summed E-state index contributed by atoms with van der Waals surface area (Å²) in [6, 6.07) is 4.09. The first-order chi connectivity index (χ1) is 10.3. The summed E-state index contributed by atoms with van der Waals surface area (Å²) in [6.07, 6.45) is 1.90. The Labute approximate surface area is 135 Å². The minimum Gasteiger partial charge on any atom is -0.376 e. The molecule has 0 spiro atoms. The zero-order valence-electron chi connectivity index (χ0n) is 12.5. The predicted molar refractivity (Wildman–Crippen MR) is 83.6 cm³/mol. The first kappa shape index (κ1) is 17.2. The molecule has 22 heavy (non-hydrogen) atoms. The smallest absolute Gasteiger partial charge is 0.252 e. The minimum atomic E-state index is -3.61. The summed E-state index contributed by atoms with van der Waals surface area (Å²) in [6.45, 7) is 1.09. The highest BCUT2D eigenvalue weighted by molar-refractivity contribution is 7.89. The Kier molecular flexibility index (Phi) is 5.44. The fraction of sp³-hybridized carbons (Fsp3) is 0.500. The molecule has 1 fully saturated rings. The maximum absolute atomic E-state index is 12.2. The minimum absolute atomic E-state index is 0.0106. The summed E-state index contributed by atoms with van der Waals surface area (Å²) in [4.78, 5) is 12.2. The van der Waals surface area contributed by atoms with Crippen molar-refractivity contribution in [3.63, 3.8) is 0 Å². The molecule has 0 radical (unpaired) electrons. The van der Waals surface area contributed by atoms with Crippen molar-refractivity contribution in [3.8, 4) is 0 Å². The number of carbonyl (C=O) groups is 1. The van der Waals surface area contributed by atoms with Gasteiger partial charge < -0.3 is 10.1 Å². The third-order valence-corrected chi connectivity index (χ3v) is 5.62. The van der Waals surface area contributed by atoms with Crippen LogP contribution in [0, 0.1) is 0 Å². The van der Waals surface area contributed by atoms with Crippen LogP contribution in [-0.4, -0.2) is 52.0 Å². The third kappa shape index (κ3) is 3.78. The van der Waals surface area contributed by atoms with Crippen LogP contribution in [-0.2, 0) is 14.8 Å². The first-order valence-electron chi connectivity index (χ1n) is 6.94. The molecule has 122 valence electrons. The molecular formula is C14H19ClN2O4S. The van der Waals surface area contributed by atoms with Crippen LogP contribution in [0.15, 0.2) is 23.1 Å². The van der Waals surface area contributed by atoms with Crippen molar-refractivity contribution >= 4 is 27.5 Å². The predicted octanol–water partition coefficient (Wildman–Crippen LogP) is 1.50. The van der Waals surface area contributed by atoms with Gasteiger partial charge in [-0.3, -0.25) is 4.79 Å². The van der Waals surface area contributed by atoms with E-state index >= 15 is 0 Å². The largest absolute Gasteiger partial charge is 0.376 e. The Morgan fingerprint density at radius 3 is 2.77 bits per heavy atom. The number of sulfonamides is 1. The van der Waals surface area contributed by atoms with Crippen LogP contribution in [0.25, 0.3) is 0 Å². The molecule has 1 atom stereocenters. The number of hydrogen-bond acceptors (Lipinski definition) is 4. The first-order valence-corrected chi connectivity index (χ1v) is 8.76. The zero-order chi connectivity index (χ0) is 16.3. The lowest BCUT2D eigenvalue weighted by Crippen LogP contribution is -2.32. The number of amides is 1. The number of nitrogens with one attached hydrogen (secondary N) is 1. The summed E-state index contributed by atoms with van der Waals surface area (Å²) in [5.41, 5.74) is 0.141. The summed E-state index contributed by atoms with van der Waals surface area (Å²) < 4.78 is 30.7. The molecule has 1 aliphatic rings. The molecule has 1 aliphatic heterocycles. The quantitative estimate of drug-likeness (QED) is 0.876. The Bertz CT molecular complexity index is 655. The van der Waals surface area contributed by atoms with Crippen molar-refractivity contribution in [2.75, 3.05) is 27.2 Å². The molecule has 6 nitrogen and oxygen atoms in total. The van der Waals surface area contributed by atoms with Crippen LogP contribution in [0.1, 0.15) is 23.2 Å². The van der Waals surface area contributed by atoms with Crippen LogP contribution < -0.4 is 5.32 Å². The molecular weight excluding hydrogens is 328 g/mol. The molecule has 2 rings (SSSR count). The summed E-state index contributed by atoms with van der Waals surface area (Å²) in [7, 11) is -0.747. The van der Waals surface area contributed by atoms with Gasteiger partial charge in [0.15, 0.2) is 0 Å². The Morgan fingerprint density at radius 2 is 2.18 bits per heavy atom. The molecule has 1 unspecified atom stereocenters. The van der Waals surface area contributed by atoms with Gasteiger partial charge in [0.05, 0.1) is 21.6 Å². The lowest BCUT2D eigenvalue weighted by molar-refractivity contribution is 0.0857. The molecule has 1 aromatic rings. The second-order valence-electron chi connectivity index (χ2n) is 5.27. The Morgan fingerprint density at radius 1 is 1.45 bits per heavy atom. The topological polar surface area (TPSA) is 75.7 Å². The lowest BCUT2D eigenvalue weighted by Gasteiger charge is -2.14. The molecule has 1 aromatic carbocycles. The maximum Gasteiger partial charge on any atom is 0.252 e. The van der Waals surface area contributed by atoms with Gasteiger partial charge in [-0.25, -0.2) is 12.7 Å². The van der Waals surface area contributed by atoms with E-state index in [0.29, 0.717) is 13.2 Å². The molecule has 0 bridgehead atoms.